The summed E-state index contributed by atoms with van der Waals surface area (Å²) in [6, 6.07) is 4.82. The number of rotatable bonds is 10. The van der Waals surface area contributed by atoms with Crippen molar-refractivity contribution < 1.29 is 17.9 Å². The van der Waals surface area contributed by atoms with E-state index in [0.717, 1.165) is 12.1 Å². The zero-order chi connectivity index (χ0) is 24.9. The maximum absolute atomic E-state index is 13.3. The lowest BCUT2D eigenvalue weighted by molar-refractivity contribution is -0.117. The molecule has 1 amide bonds. The lowest BCUT2D eigenvalue weighted by atomic mass is 10.1. The van der Waals surface area contributed by atoms with Gasteiger partial charge in [-0.3, -0.25) is 14.5 Å². The van der Waals surface area contributed by atoms with Crippen molar-refractivity contribution in [1.82, 2.24) is 19.0 Å². The minimum Gasteiger partial charge on any atom is -0.493 e. The number of amides is 1. The van der Waals surface area contributed by atoms with Gasteiger partial charge in [0.05, 0.1) is 29.3 Å². The van der Waals surface area contributed by atoms with Gasteiger partial charge in [0.15, 0.2) is 0 Å². The van der Waals surface area contributed by atoms with Crippen LogP contribution in [-0.2, 0) is 34.7 Å². The fourth-order valence-electron chi connectivity index (χ4n) is 3.91. The molecule has 0 radical (unpaired) electrons. The number of hydrogen-bond donors (Lipinski definition) is 1. The number of nitrogens with zero attached hydrogens (tertiary/aromatic N) is 5. The molecule has 0 bridgehead atoms. The highest BCUT2D eigenvalue weighted by Crippen LogP contribution is 2.28. The molecule has 186 valence electrons. The monoisotopic (exact) mass is 490 g/mol. The number of piperazine rings is 1. The molecule has 3 rings (SSSR count). The number of aryl methyl sites for hydroxylation is 2. The van der Waals surface area contributed by atoms with Crippen molar-refractivity contribution in [3.63, 3.8) is 0 Å². The van der Waals surface area contributed by atoms with E-state index < -0.39 is 15.9 Å². The Morgan fingerprint density at radius 3 is 2.53 bits per heavy atom. The predicted octanol–water partition coefficient (Wildman–Crippen LogP) is 1.49. The first kappa shape index (κ1) is 25.9. The van der Waals surface area contributed by atoms with Crippen LogP contribution in [0.1, 0.15) is 37.2 Å². The maximum atomic E-state index is 13.3. The molecule has 0 unspecified atom stereocenters. The Balaban J connectivity index is 2.02. The van der Waals surface area contributed by atoms with Gasteiger partial charge in [-0.2, -0.15) is 9.40 Å². The van der Waals surface area contributed by atoms with E-state index in [9.17, 15) is 13.2 Å². The molecule has 1 aromatic heterocycles. The van der Waals surface area contributed by atoms with E-state index in [1.807, 2.05) is 20.9 Å². The summed E-state index contributed by atoms with van der Waals surface area (Å²) in [5.74, 6) is 0.0544. The number of aromatic nitrogens is 2. The second-order valence-corrected chi connectivity index (χ2v) is 10.3. The van der Waals surface area contributed by atoms with Crippen molar-refractivity contribution in [3.8, 4) is 5.75 Å². The van der Waals surface area contributed by atoms with Crippen LogP contribution < -0.4 is 10.5 Å². The molecule has 1 aliphatic rings. The smallest absolute Gasteiger partial charge is 0.243 e. The highest BCUT2D eigenvalue weighted by atomic mass is 32.2. The molecule has 0 atom stereocenters. The fraction of sp³-hybridized carbons (Fsp3) is 0.522. The second kappa shape index (κ2) is 11.1. The molecule has 1 saturated heterocycles. The van der Waals surface area contributed by atoms with Crippen molar-refractivity contribution in [2.45, 2.75) is 38.0 Å². The lowest BCUT2D eigenvalue weighted by Gasteiger charge is -2.31. The minimum atomic E-state index is -3.65. The van der Waals surface area contributed by atoms with Gasteiger partial charge < -0.3 is 15.4 Å². The summed E-state index contributed by atoms with van der Waals surface area (Å²) >= 11 is 0. The summed E-state index contributed by atoms with van der Waals surface area (Å²) in [5.41, 5.74) is 7.93. The third-order valence-corrected chi connectivity index (χ3v) is 7.64. The number of nitrogens with two attached hydrogens (primary N) is 1. The van der Waals surface area contributed by atoms with Gasteiger partial charge in [-0.1, -0.05) is 13.3 Å². The van der Waals surface area contributed by atoms with Crippen LogP contribution in [0.25, 0.3) is 0 Å². The third kappa shape index (κ3) is 5.83. The van der Waals surface area contributed by atoms with Crippen molar-refractivity contribution in [2.75, 3.05) is 39.8 Å². The summed E-state index contributed by atoms with van der Waals surface area (Å²) in [6.45, 7) is 6.59. The van der Waals surface area contributed by atoms with Crippen molar-refractivity contribution in [1.29, 1.82) is 0 Å². The number of carbonyl (C=O) groups excluding carboxylic acids is 1. The molecule has 2 heterocycles. The van der Waals surface area contributed by atoms with Crippen LogP contribution in [-0.4, -0.2) is 79.4 Å². The molecule has 0 aliphatic carbocycles. The Hall–Kier alpha value is -2.76. The van der Waals surface area contributed by atoms with E-state index in [0.29, 0.717) is 61.9 Å². The van der Waals surface area contributed by atoms with E-state index >= 15 is 0 Å². The van der Waals surface area contributed by atoms with Crippen LogP contribution in [0.4, 0.5) is 5.69 Å². The molecular weight excluding hydrogens is 456 g/mol. The van der Waals surface area contributed by atoms with E-state index in [4.69, 9.17) is 10.5 Å². The fourth-order valence-corrected chi connectivity index (χ4v) is 5.37. The number of likely N-dealkylation sites (N-methyl/N-ethyl adjacent to an activating group) is 1. The average molecular weight is 491 g/mol. The molecule has 2 N–H and O–H groups in total. The number of aliphatic imine (C=N–C) groups is 1. The van der Waals surface area contributed by atoms with Gasteiger partial charge in [-0.25, -0.2) is 8.42 Å². The van der Waals surface area contributed by atoms with Crippen LogP contribution in [0.5, 0.6) is 5.75 Å². The zero-order valence-electron chi connectivity index (χ0n) is 20.3. The van der Waals surface area contributed by atoms with E-state index in [-0.39, 0.29) is 11.3 Å². The number of carbonyl (C=O) groups is 1. The first-order valence-electron chi connectivity index (χ1n) is 11.5. The highest BCUT2D eigenvalue weighted by molar-refractivity contribution is 7.89. The number of sulfonamides is 1. The van der Waals surface area contributed by atoms with Crippen LogP contribution in [0.2, 0.25) is 0 Å². The summed E-state index contributed by atoms with van der Waals surface area (Å²) in [4.78, 5) is 18.6. The Morgan fingerprint density at radius 2 is 1.91 bits per heavy atom. The quantitative estimate of drug-likeness (QED) is 0.503. The van der Waals surface area contributed by atoms with Crippen molar-refractivity contribution in [3.05, 3.63) is 35.2 Å². The largest absolute Gasteiger partial charge is 0.493 e. The molecule has 11 heteroatoms. The van der Waals surface area contributed by atoms with Gasteiger partial charge in [0.2, 0.25) is 15.9 Å². The van der Waals surface area contributed by atoms with Crippen LogP contribution in [0.15, 0.2) is 28.1 Å². The number of primary amides is 1. The maximum Gasteiger partial charge on any atom is 0.243 e. The van der Waals surface area contributed by atoms with Crippen LogP contribution in [0, 0.1) is 0 Å². The Bertz CT molecular complexity index is 1150. The van der Waals surface area contributed by atoms with Gasteiger partial charge in [-0.05, 0) is 38.6 Å². The summed E-state index contributed by atoms with van der Waals surface area (Å²) in [7, 11) is 0.0870. The molecular formula is C23H34N6O4S. The van der Waals surface area contributed by atoms with Crippen molar-refractivity contribution in [2.24, 2.45) is 17.8 Å². The first-order valence-corrected chi connectivity index (χ1v) is 12.9. The standard InChI is InChI=1S/C23H34N6O4S/c1-5-7-19-23(20(15-22(24)30)28(4)26-19)25-16-17-14-18(8-9-21(17)33-6-2)34(31,32)29-12-10-27(3)11-13-29/h8-9,14,16H,5-7,10-13,15H2,1-4H3,(H2,24,30). The predicted molar refractivity (Wildman–Crippen MR) is 131 cm³/mol. The summed E-state index contributed by atoms with van der Waals surface area (Å²) < 4.78 is 35.4. The lowest BCUT2D eigenvalue weighted by Crippen LogP contribution is -2.47. The average Bonchev–Trinajstić information content (AvgIpc) is 3.07. The molecule has 1 fully saturated rings. The Kier molecular flexibility index (Phi) is 8.45. The normalized spacial score (nSPS) is 15.8. The van der Waals surface area contributed by atoms with Gasteiger partial charge >= 0.3 is 0 Å². The molecule has 1 aromatic carbocycles. The molecule has 0 spiro atoms. The molecule has 10 nitrogen and oxygen atoms in total. The molecule has 1 aliphatic heterocycles. The SMILES string of the molecule is CCCc1nn(C)c(CC(N)=O)c1N=Cc1cc(S(=O)(=O)N2CCN(C)CC2)ccc1OCC. The molecule has 0 saturated carbocycles. The topological polar surface area (TPSA) is 123 Å². The molecule has 34 heavy (non-hydrogen) atoms. The zero-order valence-corrected chi connectivity index (χ0v) is 21.1. The van der Waals surface area contributed by atoms with Crippen LogP contribution in [0.3, 0.4) is 0 Å². The number of hydrogen-bond acceptors (Lipinski definition) is 7. The Morgan fingerprint density at radius 1 is 1.21 bits per heavy atom. The van der Waals surface area contributed by atoms with E-state index in [1.165, 1.54) is 4.31 Å². The summed E-state index contributed by atoms with van der Waals surface area (Å²) in [5, 5.41) is 4.51. The number of benzene rings is 1. The van der Waals surface area contributed by atoms with Gasteiger partial charge in [0, 0.05) is 45.0 Å². The minimum absolute atomic E-state index is 0.00995. The van der Waals surface area contributed by atoms with Gasteiger partial charge in [0.1, 0.15) is 11.4 Å². The second-order valence-electron chi connectivity index (χ2n) is 8.36. The Labute approximate surface area is 201 Å². The van der Waals surface area contributed by atoms with Gasteiger partial charge in [0.25, 0.3) is 0 Å². The highest BCUT2D eigenvalue weighted by Gasteiger charge is 2.28. The van der Waals surface area contributed by atoms with Crippen molar-refractivity contribution >= 4 is 27.8 Å². The summed E-state index contributed by atoms with van der Waals surface area (Å²) in [6.07, 6.45) is 3.14. The van der Waals surface area contributed by atoms with E-state index in [1.54, 1.807) is 36.1 Å². The number of ether oxygens (including phenoxy) is 1. The van der Waals surface area contributed by atoms with Crippen LogP contribution >= 0.6 is 0 Å². The van der Waals surface area contributed by atoms with E-state index in [2.05, 4.69) is 15.0 Å². The third-order valence-electron chi connectivity index (χ3n) is 5.75. The van der Waals surface area contributed by atoms with Gasteiger partial charge in [-0.15, -0.1) is 0 Å². The first-order chi connectivity index (χ1) is 16.2. The molecule has 2 aromatic rings.